The second-order valence-electron chi connectivity index (χ2n) is 7.28. The molecule has 0 saturated heterocycles. The van der Waals surface area contributed by atoms with E-state index in [0.29, 0.717) is 11.1 Å². The molecule has 154 valence electrons. The Labute approximate surface area is 173 Å². The van der Waals surface area contributed by atoms with Crippen LogP contribution in [0.5, 0.6) is 0 Å². The monoisotopic (exact) mass is 407 g/mol. The largest absolute Gasteiger partial charge is 0.465 e. The van der Waals surface area contributed by atoms with E-state index in [-0.39, 0.29) is 17.1 Å². The average Bonchev–Trinajstić information content (AvgIpc) is 2.75. The van der Waals surface area contributed by atoms with E-state index in [2.05, 4.69) is 0 Å². The number of carbonyl (C=O) groups is 3. The lowest BCUT2D eigenvalue weighted by atomic mass is 9.77. The summed E-state index contributed by atoms with van der Waals surface area (Å²) in [6, 6.07) is 7.61. The molecular weight excluding hydrogens is 386 g/mol. The van der Waals surface area contributed by atoms with Gasteiger partial charge in [0.2, 0.25) is 0 Å². The molecule has 4 rings (SSSR count). The number of ketones is 1. The van der Waals surface area contributed by atoms with Gasteiger partial charge >= 0.3 is 11.9 Å². The van der Waals surface area contributed by atoms with Crippen LogP contribution in [0, 0.1) is 0 Å². The first-order chi connectivity index (χ1) is 14.3. The molecule has 0 radical (unpaired) electrons. The van der Waals surface area contributed by atoms with Gasteiger partial charge in [-0.2, -0.15) is 0 Å². The number of carbonyl (C=O) groups excluding carboxylic acids is 3. The molecule has 2 atom stereocenters. The lowest BCUT2D eigenvalue weighted by Crippen LogP contribution is -2.52. The number of methoxy groups -OCH3 is 2. The van der Waals surface area contributed by atoms with Crippen LogP contribution in [0.2, 0.25) is 0 Å². The number of rotatable bonds is 2. The predicted molar refractivity (Wildman–Crippen MR) is 107 cm³/mol. The first kappa shape index (κ1) is 19.8. The Morgan fingerprint density at radius 1 is 1.10 bits per heavy atom. The number of fused-ring (bicyclic) bond motifs is 3. The van der Waals surface area contributed by atoms with Crippen molar-refractivity contribution in [2.24, 2.45) is 0 Å². The molecule has 0 bridgehead atoms. The molecule has 0 aromatic heterocycles. The summed E-state index contributed by atoms with van der Waals surface area (Å²) >= 11 is 0. The van der Waals surface area contributed by atoms with Crippen LogP contribution in [0.4, 0.5) is 0 Å². The van der Waals surface area contributed by atoms with Crippen LogP contribution in [0.25, 0.3) is 6.08 Å². The zero-order chi connectivity index (χ0) is 21.6. The smallest absolute Gasteiger partial charge is 0.355 e. The number of ether oxygens (including phenoxy) is 3. The molecule has 1 spiro atoms. The first-order valence-electron chi connectivity index (χ1n) is 9.41. The Bertz CT molecular complexity index is 1090. The molecule has 1 aliphatic carbocycles. The summed E-state index contributed by atoms with van der Waals surface area (Å²) in [6.07, 6.45) is 5.80. The molecule has 3 aliphatic rings. The third-order valence-electron chi connectivity index (χ3n) is 5.60. The molecule has 2 heterocycles. The highest BCUT2D eigenvalue weighted by Crippen LogP contribution is 2.50. The summed E-state index contributed by atoms with van der Waals surface area (Å²) < 4.78 is 16.6. The van der Waals surface area contributed by atoms with Gasteiger partial charge < -0.3 is 19.1 Å². The summed E-state index contributed by atoms with van der Waals surface area (Å²) in [5.74, 6) is -1.63. The minimum atomic E-state index is -1.45. The van der Waals surface area contributed by atoms with E-state index in [1.807, 2.05) is 30.3 Å². The van der Waals surface area contributed by atoms with Crippen molar-refractivity contribution in [2.45, 2.75) is 25.7 Å². The Kier molecular flexibility index (Phi) is 4.70. The van der Waals surface area contributed by atoms with Crippen LogP contribution in [-0.4, -0.2) is 42.4 Å². The quantitative estimate of drug-likeness (QED) is 0.697. The molecule has 1 aromatic rings. The van der Waals surface area contributed by atoms with Gasteiger partial charge in [0.05, 0.1) is 14.2 Å². The summed E-state index contributed by atoms with van der Waals surface area (Å²) in [5.41, 5.74) is 1.16. The van der Waals surface area contributed by atoms with E-state index in [1.165, 1.54) is 20.3 Å². The second-order valence-corrected chi connectivity index (χ2v) is 7.28. The Morgan fingerprint density at radius 3 is 2.50 bits per heavy atom. The molecule has 0 saturated carbocycles. The third kappa shape index (κ3) is 2.74. The maximum atomic E-state index is 13.0. The summed E-state index contributed by atoms with van der Waals surface area (Å²) in [7, 11) is 2.48. The van der Waals surface area contributed by atoms with Crippen LogP contribution < -0.4 is 0 Å². The van der Waals surface area contributed by atoms with E-state index in [1.54, 1.807) is 31.0 Å². The van der Waals surface area contributed by atoms with Gasteiger partial charge in [-0.05, 0) is 48.8 Å². The Hall–Kier alpha value is -3.45. The zero-order valence-electron chi connectivity index (χ0n) is 17.1. The normalized spacial score (nSPS) is 24.7. The number of benzene rings is 1. The van der Waals surface area contributed by atoms with Gasteiger partial charge in [-0.3, -0.25) is 4.79 Å². The van der Waals surface area contributed by atoms with Gasteiger partial charge in [-0.1, -0.05) is 24.3 Å². The topological polar surface area (TPSA) is 82.1 Å². The molecule has 1 aromatic carbocycles. The molecule has 7 nitrogen and oxygen atoms in total. The number of nitrogens with zero attached hydrogens (tertiary/aromatic N) is 1. The van der Waals surface area contributed by atoms with Crippen molar-refractivity contribution < 1.29 is 28.6 Å². The summed E-state index contributed by atoms with van der Waals surface area (Å²) in [6.45, 7) is 3.34. The van der Waals surface area contributed by atoms with Crippen LogP contribution in [-0.2, 0) is 28.6 Å². The number of hydrogen-bond acceptors (Lipinski definition) is 7. The fraction of sp³-hybridized carbons (Fsp3) is 0.261. The fourth-order valence-electron chi connectivity index (χ4n) is 4.09. The predicted octanol–water partition coefficient (Wildman–Crippen LogP) is 2.82. The van der Waals surface area contributed by atoms with Crippen LogP contribution in [0.3, 0.4) is 0 Å². The molecule has 7 heteroatoms. The third-order valence-corrected chi connectivity index (χ3v) is 5.60. The number of allylic oxidation sites excluding steroid dienone is 2. The molecule has 0 unspecified atom stereocenters. The lowest BCUT2D eigenvalue weighted by Gasteiger charge is -2.48. The Balaban J connectivity index is 2.07. The maximum Gasteiger partial charge on any atom is 0.355 e. The molecular formula is C23H21NO6. The maximum absolute atomic E-state index is 13.0. The van der Waals surface area contributed by atoms with Crippen molar-refractivity contribution in [1.29, 1.82) is 0 Å². The first-order valence-corrected chi connectivity index (χ1v) is 9.41. The van der Waals surface area contributed by atoms with Crippen molar-refractivity contribution >= 4 is 23.8 Å². The van der Waals surface area contributed by atoms with Gasteiger partial charge in [-0.15, -0.1) is 0 Å². The number of esters is 2. The van der Waals surface area contributed by atoms with E-state index >= 15 is 0 Å². The van der Waals surface area contributed by atoms with E-state index in [4.69, 9.17) is 14.2 Å². The van der Waals surface area contributed by atoms with Crippen molar-refractivity contribution in [2.75, 3.05) is 14.2 Å². The second kappa shape index (κ2) is 7.11. The molecule has 0 N–H and O–H groups in total. The molecule has 30 heavy (non-hydrogen) atoms. The highest BCUT2D eigenvalue weighted by atomic mass is 16.6. The van der Waals surface area contributed by atoms with Crippen LogP contribution in [0.15, 0.2) is 65.0 Å². The Morgan fingerprint density at radius 2 is 1.80 bits per heavy atom. The molecule has 0 amide bonds. The van der Waals surface area contributed by atoms with E-state index < -0.39 is 23.8 Å². The van der Waals surface area contributed by atoms with E-state index in [0.717, 1.165) is 11.1 Å². The van der Waals surface area contributed by atoms with Gasteiger partial charge in [0.15, 0.2) is 12.0 Å². The average molecular weight is 407 g/mol. The lowest BCUT2D eigenvalue weighted by molar-refractivity contribution is -0.155. The van der Waals surface area contributed by atoms with Crippen molar-refractivity contribution in [3.05, 3.63) is 76.2 Å². The molecule has 2 aliphatic heterocycles. The number of hydrogen-bond donors (Lipinski definition) is 0. The van der Waals surface area contributed by atoms with E-state index in [9.17, 15) is 14.4 Å². The van der Waals surface area contributed by atoms with Crippen molar-refractivity contribution in [3.8, 4) is 0 Å². The SMILES string of the molecule is COC(=O)C1=C(C(=O)OC)[C@@]2(C=C(C)C(=O)C=C2C)O[C@@H]2c3ccccc3C=CN12. The minimum absolute atomic E-state index is 0.0116. The van der Waals surface area contributed by atoms with Crippen molar-refractivity contribution in [3.63, 3.8) is 0 Å². The standard InChI is InChI=1S/C23H21NO6/c1-13-12-23(14(2)11-17(13)25)18(21(26)28-3)19(22(27)29-4)24-10-9-15-7-5-6-8-16(15)20(24)30-23/h5-12,20H,1-4H3/t20-,23+/m1/s1. The van der Waals surface area contributed by atoms with Crippen LogP contribution in [0.1, 0.15) is 31.2 Å². The highest BCUT2D eigenvalue weighted by Gasteiger charge is 2.53. The fourth-order valence-corrected chi connectivity index (χ4v) is 4.09. The zero-order valence-corrected chi connectivity index (χ0v) is 17.1. The van der Waals surface area contributed by atoms with Crippen LogP contribution >= 0.6 is 0 Å². The highest BCUT2D eigenvalue weighted by molar-refractivity contribution is 6.09. The summed E-state index contributed by atoms with van der Waals surface area (Å²) in [5, 5.41) is 0. The van der Waals surface area contributed by atoms with Gasteiger partial charge in [0, 0.05) is 11.8 Å². The van der Waals surface area contributed by atoms with Crippen molar-refractivity contribution in [1.82, 2.24) is 4.90 Å². The summed E-state index contributed by atoms with van der Waals surface area (Å²) in [4.78, 5) is 39.7. The molecule has 0 fully saturated rings. The van der Waals surface area contributed by atoms with Gasteiger partial charge in [0.1, 0.15) is 16.9 Å². The minimum Gasteiger partial charge on any atom is -0.465 e. The van der Waals surface area contributed by atoms with Gasteiger partial charge in [-0.25, -0.2) is 9.59 Å². The van der Waals surface area contributed by atoms with Gasteiger partial charge in [0.25, 0.3) is 0 Å².